The van der Waals surface area contributed by atoms with Crippen LogP contribution in [0.1, 0.15) is 17.0 Å². The summed E-state index contributed by atoms with van der Waals surface area (Å²) in [5, 5.41) is 20.0. The molecule has 12 nitrogen and oxygen atoms in total. The van der Waals surface area contributed by atoms with Gasteiger partial charge in [-0.3, -0.25) is 0 Å². The molecular formula is C27H38N6O6. The van der Waals surface area contributed by atoms with Crippen molar-refractivity contribution in [2.24, 2.45) is 0 Å². The van der Waals surface area contributed by atoms with E-state index in [0.717, 1.165) is 33.9 Å². The van der Waals surface area contributed by atoms with Crippen LogP contribution in [-0.4, -0.2) is 98.0 Å². The van der Waals surface area contributed by atoms with Crippen molar-refractivity contribution in [3.05, 3.63) is 41.3 Å². The molecule has 1 aliphatic rings. The molecule has 39 heavy (non-hydrogen) atoms. The first-order valence-electron chi connectivity index (χ1n) is 12.7. The summed E-state index contributed by atoms with van der Waals surface area (Å²) in [7, 11) is 5.01. The highest BCUT2D eigenvalue weighted by Crippen LogP contribution is 2.33. The van der Waals surface area contributed by atoms with Crippen molar-refractivity contribution in [1.82, 2.24) is 25.3 Å². The van der Waals surface area contributed by atoms with Crippen LogP contribution in [0, 0.1) is 20.8 Å². The van der Waals surface area contributed by atoms with Gasteiger partial charge in [-0.15, -0.1) is 0 Å². The summed E-state index contributed by atoms with van der Waals surface area (Å²) in [6, 6.07) is 7.52. The van der Waals surface area contributed by atoms with E-state index in [1.807, 2.05) is 52.1 Å². The van der Waals surface area contributed by atoms with E-state index in [4.69, 9.17) is 19.0 Å². The van der Waals surface area contributed by atoms with Crippen LogP contribution >= 0.6 is 0 Å². The van der Waals surface area contributed by atoms with Crippen LogP contribution in [0.5, 0.6) is 5.75 Å². The van der Waals surface area contributed by atoms with E-state index in [-0.39, 0.29) is 12.7 Å². The smallest absolute Gasteiger partial charge is 0.409 e. The number of nitrogens with one attached hydrogen (secondary N) is 2. The minimum atomic E-state index is -0.582. The second-order valence-corrected chi connectivity index (χ2v) is 8.94. The summed E-state index contributed by atoms with van der Waals surface area (Å²) in [5.41, 5.74) is 4.19. The van der Waals surface area contributed by atoms with Gasteiger partial charge in [0.15, 0.2) is 5.82 Å². The zero-order valence-electron chi connectivity index (χ0n) is 23.4. The second kappa shape index (κ2) is 14.4. The zero-order chi connectivity index (χ0) is 28.4. The van der Waals surface area contributed by atoms with Crippen molar-refractivity contribution in [3.63, 3.8) is 0 Å². The number of nitrogens with zero attached hydrogens (tertiary/aromatic N) is 4. The number of benzene rings is 1. The number of carbonyl (C=O) groups excluding carboxylic acids is 1. The van der Waals surface area contributed by atoms with E-state index in [9.17, 15) is 9.90 Å². The average molecular weight is 543 g/mol. The minimum Gasteiger partial charge on any atom is -0.491 e. The first kappa shape index (κ1) is 29.8. The molecule has 0 radical (unpaired) electrons. The molecule has 0 aliphatic carbocycles. The first-order valence-corrected chi connectivity index (χ1v) is 12.7. The molecule has 0 spiro atoms. The monoisotopic (exact) mass is 542 g/mol. The SMILES string of the molecule is CNCC(O)COc1cccc(-c2nc(NC)c(C)c(-c3c(C)noc3C)n2)c1.COC(=O)N1CCOCC1. The normalized spacial score (nSPS) is 13.8. The summed E-state index contributed by atoms with van der Waals surface area (Å²) >= 11 is 0. The molecule has 12 heteroatoms. The third kappa shape index (κ3) is 7.88. The topological polar surface area (TPSA) is 144 Å². The number of aliphatic hydroxyl groups excluding tert-OH is 1. The highest BCUT2D eigenvalue weighted by molar-refractivity contribution is 5.74. The molecule has 1 aromatic carbocycles. The van der Waals surface area contributed by atoms with Crippen molar-refractivity contribution in [2.45, 2.75) is 26.9 Å². The number of aryl methyl sites for hydroxylation is 2. The van der Waals surface area contributed by atoms with Crippen LogP contribution in [0.2, 0.25) is 0 Å². The molecule has 0 saturated carbocycles. The van der Waals surface area contributed by atoms with Gasteiger partial charge in [-0.05, 0) is 40.0 Å². The number of rotatable bonds is 8. The Kier molecular flexibility index (Phi) is 11.0. The molecule has 3 heterocycles. The molecule has 0 bridgehead atoms. The maximum absolute atomic E-state index is 10.8. The van der Waals surface area contributed by atoms with Gasteiger partial charge >= 0.3 is 6.09 Å². The predicted octanol–water partition coefficient (Wildman–Crippen LogP) is 2.81. The van der Waals surface area contributed by atoms with E-state index < -0.39 is 6.10 Å². The van der Waals surface area contributed by atoms with Crippen molar-refractivity contribution in [3.8, 4) is 28.4 Å². The number of anilines is 1. The Bertz CT molecular complexity index is 1210. The van der Waals surface area contributed by atoms with Crippen molar-refractivity contribution in [1.29, 1.82) is 0 Å². The van der Waals surface area contributed by atoms with Gasteiger partial charge in [0.1, 0.15) is 30.0 Å². The Morgan fingerprint density at radius 3 is 2.54 bits per heavy atom. The van der Waals surface area contributed by atoms with Crippen molar-refractivity contribution < 1.29 is 28.6 Å². The number of aromatic nitrogens is 3. The van der Waals surface area contributed by atoms with Gasteiger partial charge in [0.05, 0.1) is 37.3 Å². The number of amides is 1. The molecule has 1 saturated heterocycles. The van der Waals surface area contributed by atoms with Crippen LogP contribution in [0.15, 0.2) is 28.8 Å². The second-order valence-electron chi connectivity index (χ2n) is 8.94. The van der Waals surface area contributed by atoms with Gasteiger partial charge in [0, 0.05) is 37.8 Å². The van der Waals surface area contributed by atoms with Crippen molar-refractivity contribution in [2.75, 3.05) is 66.0 Å². The Morgan fingerprint density at radius 2 is 1.92 bits per heavy atom. The largest absolute Gasteiger partial charge is 0.491 e. The lowest BCUT2D eigenvalue weighted by Gasteiger charge is -2.24. The van der Waals surface area contributed by atoms with Gasteiger partial charge in [-0.2, -0.15) is 0 Å². The number of ether oxygens (including phenoxy) is 3. The fraction of sp³-hybridized carbons (Fsp3) is 0.481. The van der Waals surface area contributed by atoms with Crippen LogP contribution < -0.4 is 15.4 Å². The van der Waals surface area contributed by atoms with Crippen LogP contribution in [0.4, 0.5) is 10.6 Å². The van der Waals surface area contributed by atoms with Crippen LogP contribution in [-0.2, 0) is 9.47 Å². The summed E-state index contributed by atoms with van der Waals surface area (Å²) in [6.07, 6.45) is -0.843. The molecule has 4 rings (SSSR count). The first-order chi connectivity index (χ1) is 18.8. The lowest BCUT2D eigenvalue weighted by Crippen LogP contribution is -2.40. The highest BCUT2D eigenvalue weighted by atomic mass is 16.5. The predicted molar refractivity (Wildman–Crippen MR) is 147 cm³/mol. The molecule has 1 unspecified atom stereocenters. The average Bonchev–Trinajstić information content (AvgIpc) is 3.30. The Balaban J connectivity index is 0.000000353. The number of methoxy groups -OCH3 is 1. The number of likely N-dealkylation sites (N-methyl/N-ethyl adjacent to an activating group) is 1. The third-order valence-corrected chi connectivity index (χ3v) is 6.07. The van der Waals surface area contributed by atoms with E-state index in [2.05, 4.69) is 25.5 Å². The number of hydrogen-bond donors (Lipinski definition) is 3. The third-order valence-electron chi connectivity index (χ3n) is 6.07. The Hall–Kier alpha value is -3.74. The van der Waals surface area contributed by atoms with Crippen LogP contribution in [0.3, 0.4) is 0 Å². The molecular weight excluding hydrogens is 504 g/mol. The Morgan fingerprint density at radius 1 is 1.18 bits per heavy atom. The van der Waals surface area contributed by atoms with Crippen LogP contribution in [0.25, 0.3) is 22.6 Å². The minimum absolute atomic E-state index is 0.200. The molecule has 3 N–H and O–H groups in total. The van der Waals surface area contributed by atoms with Gasteiger partial charge in [-0.25, -0.2) is 14.8 Å². The number of morpholine rings is 1. The maximum atomic E-state index is 10.8. The molecule has 3 aromatic rings. The number of carbonyl (C=O) groups is 1. The molecule has 1 aliphatic heterocycles. The quantitative estimate of drug-likeness (QED) is 0.386. The van der Waals surface area contributed by atoms with Gasteiger partial charge < -0.3 is 39.4 Å². The fourth-order valence-corrected chi connectivity index (χ4v) is 4.04. The van der Waals surface area contributed by atoms with Crippen molar-refractivity contribution >= 4 is 11.9 Å². The molecule has 212 valence electrons. The molecule has 1 fully saturated rings. The van der Waals surface area contributed by atoms with E-state index in [1.165, 1.54) is 7.11 Å². The summed E-state index contributed by atoms with van der Waals surface area (Å²) < 4.78 is 20.6. The van der Waals surface area contributed by atoms with Gasteiger partial charge in [0.2, 0.25) is 0 Å². The summed E-state index contributed by atoms with van der Waals surface area (Å²) in [4.78, 5) is 21.9. The van der Waals surface area contributed by atoms with E-state index >= 15 is 0 Å². The lowest BCUT2D eigenvalue weighted by molar-refractivity contribution is 0.0334. The molecule has 2 aromatic heterocycles. The lowest BCUT2D eigenvalue weighted by atomic mass is 10.0. The van der Waals surface area contributed by atoms with E-state index in [1.54, 1.807) is 11.9 Å². The number of hydrogen-bond acceptors (Lipinski definition) is 11. The van der Waals surface area contributed by atoms with Gasteiger partial charge in [-0.1, -0.05) is 17.3 Å². The zero-order valence-corrected chi connectivity index (χ0v) is 23.4. The highest BCUT2D eigenvalue weighted by Gasteiger charge is 2.20. The van der Waals surface area contributed by atoms with Gasteiger partial charge in [0.25, 0.3) is 0 Å². The molecule has 1 amide bonds. The Labute approximate surface area is 228 Å². The number of aliphatic hydroxyl groups is 1. The standard InChI is InChI=1S/C21H27N5O3.C6H11NO3/c1-12-19(18-13(2)26-29-14(18)3)24-21(25-20(12)23-5)15-7-6-8-17(9-15)28-11-16(27)10-22-4;1-9-6(8)7-2-4-10-5-3-7/h6-9,16,22,27H,10-11H2,1-5H3,(H,23,24,25);2-5H2,1H3. The fourth-order valence-electron chi connectivity index (χ4n) is 4.04. The van der Waals surface area contributed by atoms with E-state index in [0.29, 0.717) is 50.2 Å². The maximum Gasteiger partial charge on any atom is 0.409 e. The summed E-state index contributed by atoms with van der Waals surface area (Å²) in [6.45, 7) is 8.94. The summed E-state index contributed by atoms with van der Waals surface area (Å²) in [5.74, 6) is 2.66. The molecule has 1 atom stereocenters.